The fourth-order valence-corrected chi connectivity index (χ4v) is 2.08. The second-order valence-electron chi connectivity index (χ2n) is 3.85. The molecule has 0 amide bonds. The van der Waals surface area contributed by atoms with Gasteiger partial charge in [-0.05, 0) is 24.6 Å². The lowest BCUT2D eigenvalue weighted by atomic mass is 10.1. The summed E-state index contributed by atoms with van der Waals surface area (Å²) in [6, 6.07) is 7.73. The minimum atomic E-state index is 0.649. The zero-order valence-electron chi connectivity index (χ0n) is 9.75. The molecule has 0 atom stereocenters. The second-order valence-corrected chi connectivity index (χ2v) is 4.68. The molecule has 0 saturated carbocycles. The molecule has 88 valence electrons. The normalized spacial score (nSPS) is 10.5. The fraction of sp³-hybridized carbons (Fsp3) is 0.231. The van der Waals surface area contributed by atoms with E-state index >= 15 is 0 Å². The van der Waals surface area contributed by atoms with Gasteiger partial charge < -0.3 is 4.98 Å². The summed E-state index contributed by atoms with van der Waals surface area (Å²) in [6.45, 7) is 4.02. The Kier molecular flexibility index (Phi) is 3.60. The number of nitrogens with one attached hydrogen (secondary N) is 1. The van der Waals surface area contributed by atoms with E-state index in [1.807, 2.05) is 38.1 Å². The van der Waals surface area contributed by atoms with Crippen molar-refractivity contribution in [2.75, 3.05) is 0 Å². The molecule has 2 nitrogen and oxygen atoms in total. The van der Waals surface area contributed by atoms with Crippen LogP contribution in [0, 0.1) is 11.6 Å². The molecule has 0 aliphatic carbocycles. The Morgan fingerprint density at radius 2 is 2.18 bits per heavy atom. The number of benzene rings is 1. The maximum absolute atomic E-state index is 6.00. The Bertz CT molecular complexity index is 605. The number of hydrogen-bond acceptors (Lipinski definition) is 2. The number of aromatic amines is 1. The van der Waals surface area contributed by atoms with Crippen LogP contribution in [0.2, 0.25) is 5.02 Å². The molecule has 1 aromatic heterocycles. The molecule has 2 rings (SSSR count). The second kappa shape index (κ2) is 4.98. The van der Waals surface area contributed by atoms with Crippen molar-refractivity contribution >= 4 is 23.8 Å². The van der Waals surface area contributed by atoms with Crippen molar-refractivity contribution in [2.24, 2.45) is 0 Å². The molecule has 0 spiro atoms. The third kappa shape index (κ3) is 2.56. The highest BCUT2D eigenvalue weighted by molar-refractivity contribution is 7.71. The summed E-state index contributed by atoms with van der Waals surface area (Å²) < 4.78 is 0.649. The van der Waals surface area contributed by atoms with Gasteiger partial charge in [0.15, 0.2) is 0 Å². The molecular weight excluding hydrogens is 252 g/mol. The molecule has 1 N–H and O–H groups in total. The van der Waals surface area contributed by atoms with Crippen LogP contribution in [0.3, 0.4) is 0 Å². The van der Waals surface area contributed by atoms with Crippen LogP contribution in [-0.2, 0) is 6.42 Å². The molecule has 0 radical (unpaired) electrons. The summed E-state index contributed by atoms with van der Waals surface area (Å²) in [5, 5.41) is 0.719. The zero-order valence-corrected chi connectivity index (χ0v) is 11.3. The Morgan fingerprint density at radius 3 is 2.82 bits per heavy atom. The number of hydrogen-bond donors (Lipinski definition) is 1. The SMILES string of the molecule is CCc1nc(=S)c(C)c(-c2cccc(Cl)c2)[nH]1. The maximum atomic E-state index is 6.00. The van der Waals surface area contributed by atoms with Crippen LogP contribution in [0.4, 0.5) is 0 Å². The van der Waals surface area contributed by atoms with Gasteiger partial charge in [0, 0.05) is 17.0 Å². The standard InChI is InChI=1S/C13H13ClN2S/c1-3-11-15-12(8(2)13(17)16-11)9-5-4-6-10(14)7-9/h4-7H,3H2,1-2H3,(H,15,16,17). The van der Waals surface area contributed by atoms with Crippen molar-refractivity contribution in [3.05, 3.63) is 45.3 Å². The molecule has 0 saturated heterocycles. The maximum Gasteiger partial charge on any atom is 0.133 e. The molecule has 1 aromatic carbocycles. The number of aromatic nitrogens is 2. The minimum Gasteiger partial charge on any atom is -0.343 e. The predicted molar refractivity (Wildman–Crippen MR) is 74.0 cm³/mol. The molecule has 1 heterocycles. The van der Waals surface area contributed by atoms with Crippen molar-refractivity contribution in [1.82, 2.24) is 9.97 Å². The van der Waals surface area contributed by atoms with E-state index in [1.165, 1.54) is 0 Å². The highest BCUT2D eigenvalue weighted by Crippen LogP contribution is 2.24. The number of aryl methyl sites for hydroxylation is 1. The summed E-state index contributed by atoms with van der Waals surface area (Å²) in [6.07, 6.45) is 0.831. The summed E-state index contributed by atoms with van der Waals surface area (Å²) in [4.78, 5) is 7.64. The quantitative estimate of drug-likeness (QED) is 0.818. The zero-order chi connectivity index (χ0) is 12.4. The van der Waals surface area contributed by atoms with Crippen LogP contribution in [0.15, 0.2) is 24.3 Å². The van der Waals surface area contributed by atoms with E-state index in [0.717, 1.165) is 34.1 Å². The Hall–Kier alpha value is -1.19. The largest absolute Gasteiger partial charge is 0.343 e. The first kappa shape index (κ1) is 12.3. The number of nitrogens with zero attached hydrogens (tertiary/aromatic N) is 1. The van der Waals surface area contributed by atoms with Gasteiger partial charge in [-0.3, -0.25) is 0 Å². The third-order valence-electron chi connectivity index (χ3n) is 2.65. The van der Waals surface area contributed by atoms with Gasteiger partial charge in [-0.25, -0.2) is 4.98 Å². The summed E-state index contributed by atoms with van der Waals surface area (Å²) in [5.41, 5.74) is 3.03. The van der Waals surface area contributed by atoms with Crippen LogP contribution in [0.1, 0.15) is 18.3 Å². The van der Waals surface area contributed by atoms with Crippen LogP contribution in [0.25, 0.3) is 11.3 Å². The van der Waals surface area contributed by atoms with E-state index in [1.54, 1.807) is 0 Å². The third-order valence-corrected chi connectivity index (χ3v) is 3.28. The molecule has 0 fully saturated rings. The highest BCUT2D eigenvalue weighted by atomic mass is 35.5. The topological polar surface area (TPSA) is 28.7 Å². The molecule has 0 aliphatic heterocycles. The monoisotopic (exact) mass is 264 g/mol. The first-order valence-corrected chi connectivity index (χ1v) is 6.26. The lowest BCUT2D eigenvalue weighted by Gasteiger charge is -2.09. The molecular formula is C13H13ClN2S. The molecule has 0 aliphatic rings. The Labute approximate surface area is 111 Å². The molecule has 0 unspecified atom stereocenters. The first-order chi connectivity index (χ1) is 8.11. The van der Waals surface area contributed by atoms with Crippen LogP contribution in [-0.4, -0.2) is 9.97 Å². The van der Waals surface area contributed by atoms with Crippen molar-refractivity contribution in [3.63, 3.8) is 0 Å². The van der Waals surface area contributed by atoms with Gasteiger partial charge in [0.2, 0.25) is 0 Å². The fourth-order valence-electron chi connectivity index (χ4n) is 1.68. The Morgan fingerprint density at radius 1 is 1.41 bits per heavy atom. The van der Waals surface area contributed by atoms with Gasteiger partial charge in [0.1, 0.15) is 10.5 Å². The average molecular weight is 265 g/mol. The van der Waals surface area contributed by atoms with E-state index in [4.69, 9.17) is 23.8 Å². The molecule has 4 heteroatoms. The molecule has 17 heavy (non-hydrogen) atoms. The number of rotatable bonds is 2. The lowest BCUT2D eigenvalue weighted by Crippen LogP contribution is -1.99. The van der Waals surface area contributed by atoms with Crippen molar-refractivity contribution in [3.8, 4) is 11.3 Å². The van der Waals surface area contributed by atoms with Gasteiger partial charge in [-0.2, -0.15) is 0 Å². The van der Waals surface area contributed by atoms with Crippen LogP contribution in [0.5, 0.6) is 0 Å². The number of H-pyrrole nitrogens is 1. The van der Waals surface area contributed by atoms with E-state index < -0.39 is 0 Å². The van der Waals surface area contributed by atoms with Crippen molar-refractivity contribution < 1.29 is 0 Å². The first-order valence-electron chi connectivity index (χ1n) is 5.47. The Balaban J connectivity index is 2.66. The molecule has 0 bridgehead atoms. The predicted octanol–water partition coefficient (Wildman–Crippen LogP) is 4.33. The smallest absolute Gasteiger partial charge is 0.133 e. The van der Waals surface area contributed by atoms with Gasteiger partial charge >= 0.3 is 0 Å². The summed E-state index contributed by atoms with van der Waals surface area (Å²) >= 11 is 11.3. The van der Waals surface area contributed by atoms with E-state index in [-0.39, 0.29) is 0 Å². The highest BCUT2D eigenvalue weighted by Gasteiger charge is 2.06. The van der Waals surface area contributed by atoms with Crippen LogP contribution < -0.4 is 0 Å². The van der Waals surface area contributed by atoms with Gasteiger partial charge in [0.25, 0.3) is 0 Å². The van der Waals surface area contributed by atoms with E-state index in [9.17, 15) is 0 Å². The van der Waals surface area contributed by atoms with Crippen molar-refractivity contribution in [2.45, 2.75) is 20.3 Å². The minimum absolute atomic E-state index is 0.649. The van der Waals surface area contributed by atoms with Gasteiger partial charge in [-0.15, -0.1) is 0 Å². The average Bonchev–Trinajstić information content (AvgIpc) is 2.32. The number of halogens is 1. The van der Waals surface area contributed by atoms with E-state index in [0.29, 0.717) is 4.64 Å². The van der Waals surface area contributed by atoms with E-state index in [2.05, 4.69) is 9.97 Å². The van der Waals surface area contributed by atoms with Gasteiger partial charge in [0.05, 0.1) is 5.69 Å². The lowest BCUT2D eigenvalue weighted by molar-refractivity contribution is 0.926. The summed E-state index contributed by atoms with van der Waals surface area (Å²) in [5.74, 6) is 0.899. The van der Waals surface area contributed by atoms with Crippen LogP contribution >= 0.6 is 23.8 Å². The summed E-state index contributed by atoms with van der Waals surface area (Å²) in [7, 11) is 0. The molecule has 2 aromatic rings. The van der Waals surface area contributed by atoms with Gasteiger partial charge in [-0.1, -0.05) is 42.9 Å². The van der Waals surface area contributed by atoms with Crippen molar-refractivity contribution in [1.29, 1.82) is 0 Å².